The minimum atomic E-state index is -0.169. The minimum Gasteiger partial charge on any atom is -0.397 e. The Hall–Kier alpha value is -2.75. The van der Waals surface area contributed by atoms with Crippen molar-refractivity contribution in [2.75, 3.05) is 23.7 Å². The Labute approximate surface area is 155 Å². The number of hydrogen-bond acceptors (Lipinski definition) is 8. The van der Waals surface area contributed by atoms with Gasteiger partial charge in [0.15, 0.2) is 0 Å². The van der Waals surface area contributed by atoms with Crippen LogP contribution in [0.25, 0.3) is 10.2 Å². The summed E-state index contributed by atoms with van der Waals surface area (Å²) in [5.74, 6) is 0.515. The first kappa shape index (κ1) is 16.7. The van der Waals surface area contributed by atoms with Crippen molar-refractivity contribution >= 4 is 52.4 Å². The molecule has 1 saturated heterocycles. The number of anilines is 2. The number of thiophene rings is 1. The van der Waals surface area contributed by atoms with Gasteiger partial charge in [-0.1, -0.05) is 5.46 Å². The number of hydrogen-bond donors (Lipinski definition) is 2. The third kappa shape index (κ3) is 2.76. The van der Waals surface area contributed by atoms with Crippen molar-refractivity contribution < 1.29 is 4.79 Å². The zero-order valence-electron chi connectivity index (χ0n) is 14.8. The lowest BCUT2D eigenvalue weighted by Crippen LogP contribution is -2.60. The highest BCUT2D eigenvalue weighted by molar-refractivity contribution is 7.21. The summed E-state index contributed by atoms with van der Waals surface area (Å²) in [5.41, 5.74) is 9.52. The van der Waals surface area contributed by atoms with Gasteiger partial charge in [-0.05, 0) is 19.4 Å². The summed E-state index contributed by atoms with van der Waals surface area (Å²) in [6.45, 7) is 5.19. The van der Waals surface area contributed by atoms with Gasteiger partial charge in [-0.3, -0.25) is 4.79 Å². The molecule has 1 aliphatic rings. The second kappa shape index (κ2) is 6.20. The van der Waals surface area contributed by atoms with Crippen LogP contribution in [0.5, 0.6) is 0 Å². The summed E-state index contributed by atoms with van der Waals surface area (Å²) in [7, 11) is 1.95. The van der Waals surface area contributed by atoms with Crippen LogP contribution in [0.1, 0.15) is 20.9 Å². The fourth-order valence-corrected chi connectivity index (χ4v) is 3.95. The fourth-order valence-electron chi connectivity index (χ4n) is 2.94. The second-order valence-electron chi connectivity index (χ2n) is 6.57. The molecule has 0 spiro atoms. The van der Waals surface area contributed by atoms with Crippen molar-refractivity contribution in [3.05, 3.63) is 28.5 Å². The molecule has 0 saturated carbocycles. The van der Waals surface area contributed by atoms with Crippen LogP contribution in [0.15, 0.2) is 12.4 Å². The van der Waals surface area contributed by atoms with Crippen LogP contribution in [0.3, 0.4) is 0 Å². The number of aryl methyl sites for hydroxylation is 2. The highest BCUT2D eigenvalue weighted by Crippen LogP contribution is 2.34. The van der Waals surface area contributed by atoms with Crippen LogP contribution in [-0.2, 0) is 0 Å². The number of rotatable bonds is 3. The number of aromatic nitrogens is 4. The van der Waals surface area contributed by atoms with E-state index in [1.807, 2.05) is 26.6 Å². The predicted molar refractivity (Wildman–Crippen MR) is 105 cm³/mol. The van der Waals surface area contributed by atoms with Crippen molar-refractivity contribution in [1.82, 2.24) is 25.5 Å². The number of amides is 1. The molecule has 1 fully saturated rings. The Bertz CT molecular complexity index is 998. The van der Waals surface area contributed by atoms with Crippen molar-refractivity contribution in [3.63, 3.8) is 0 Å². The zero-order valence-corrected chi connectivity index (χ0v) is 15.6. The van der Waals surface area contributed by atoms with Gasteiger partial charge in [0, 0.05) is 30.9 Å². The standard InChI is InChI=1S/C16H18BN7OS/c1-7-8(2)22-23-15-11(7)12(18)13(26-15)14(25)21-10-5-24(6-10)16-19-3-9(17)4-20-16/h3-4,10H,5-6,17-18H2,1-2H3,(H,21,25). The van der Waals surface area contributed by atoms with Crippen LogP contribution in [0.4, 0.5) is 11.6 Å². The van der Waals surface area contributed by atoms with E-state index < -0.39 is 0 Å². The Morgan fingerprint density at radius 3 is 2.69 bits per heavy atom. The number of fused-ring (bicyclic) bond motifs is 1. The van der Waals surface area contributed by atoms with Gasteiger partial charge in [-0.2, -0.15) is 5.10 Å². The smallest absolute Gasteiger partial charge is 0.263 e. The van der Waals surface area contributed by atoms with Crippen LogP contribution in [-0.4, -0.2) is 53.1 Å². The number of nitrogens with one attached hydrogen (secondary N) is 1. The Balaban J connectivity index is 1.46. The van der Waals surface area contributed by atoms with E-state index in [2.05, 4.69) is 25.5 Å². The van der Waals surface area contributed by atoms with E-state index in [1.165, 1.54) is 11.3 Å². The highest BCUT2D eigenvalue weighted by atomic mass is 32.1. The molecule has 8 nitrogen and oxygen atoms in total. The van der Waals surface area contributed by atoms with Crippen LogP contribution in [0.2, 0.25) is 0 Å². The maximum absolute atomic E-state index is 12.6. The van der Waals surface area contributed by atoms with E-state index in [1.54, 1.807) is 12.4 Å². The summed E-state index contributed by atoms with van der Waals surface area (Å²) in [6, 6.07) is 0.0472. The number of nitrogens with two attached hydrogens (primary N) is 1. The summed E-state index contributed by atoms with van der Waals surface area (Å²) in [4.78, 5) is 24.5. The molecule has 0 aromatic carbocycles. The Morgan fingerprint density at radius 1 is 1.31 bits per heavy atom. The minimum absolute atomic E-state index is 0.0472. The monoisotopic (exact) mass is 367 g/mol. The van der Waals surface area contributed by atoms with E-state index in [4.69, 9.17) is 5.73 Å². The third-order valence-electron chi connectivity index (χ3n) is 4.61. The molecule has 4 rings (SSSR count). The Kier molecular flexibility index (Phi) is 3.99. The fraction of sp³-hybridized carbons (Fsp3) is 0.312. The Morgan fingerprint density at radius 2 is 2.00 bits per heavy atom. The highest BCUT2D eigenvalue weighted by Gasteiger charge is 2.31. The lowest BCUT2D eigenvalue weighted by Gasteiger charge is -2.39. The van der Waals surface area contributed by atoms with Crippen LogP contribution in [0, 0.1) is 13.8 Å². The largest absolute Gasteiger partial charge is 0.397 e. The van der Waals surface area contributed by atoms with Crippen LogP contribution >= 0.6 is 11.3 Å². The molecule has 26 heavy (non-hydrogen) atoms. The van der Waals surface area contributed by atoms with Crippen molar-refractivity contribution in [1.29, 1.82) is 0 Å². The molecule has 0 radical (unpaired) electrons. The maximum atomic E-state index is 12.6. The summed E-state index contributed by atoms with van der Waals surface area (Å²) in [6.07, 6.45) is 3.58. The maximum Gasteiger partial charge on any atom is 0.263 e. The van der Waals surface area contributed by atoms with Crippen molar-refractivity contribution in [2.24, 2.45) is 0 Å². The quantitative estimate of drug-likeness (QED) is 0.604. The molecule has 0 atom stereocenters. The first-order valence-electron chi connectivity index (χ1n) is 8.30. The number of nitrogen functional groups attached to an aromatic ring is 1. The second-order valence-corrected chi connectivity index (χ2v) is 7.57. The van der Waals surface area contributed by atoms with Gasteiger partial charge in [0.05, 0.1) is 17.4 Å². The van der Waals surface area contributed by atoms with Gasteiger partial charge < -0.3 is 16.0 Å². The van der Waals surface area contributed by atoms with Gasteiger partial charge in [0.1, 0.15) is 17.6 Å². The summed E-state index contributed by atoms with van der Waals surface area (Å²) >= 11 is 1.28. The molecule has 10 heteroatoms. The molecule has 1 aliphatic heterocycles. The topological polar surface area (TPSA) is 110 Å². The van der Waals surface area contributed by atoms with E-state index in [9.17, 15) is 4.79 Å². The van der Waals surface area contributed by atoms with E-state index in [0.29, 0.717) is 34.4 Å². The molecule has 3 aromatic rings. The molecular weight excluding hydrogens is 349 g/mol. The lowest BCUT2D eigenvalue weighted by molar-refractivity contribution is 0.0935. The predicted octanol–water partition coefficient (Wildman–Crippen LogP) is -0.443. The molecule has 3 N–H and O–H groups in total. The molecular formula is C16H18BN7OS. The number of nitrogens with zero attached hydrogens (tertiary/aromatic N) is 5. The molecule has 3 aromatic heterocycles. The summed E-state index contributed by atoms with van der Waals surface area (Å²) in [5, 5.41) is 12.1. The molecule has 0 unspecified atom stereocenters. The summed E-state index contributed by atoms with van der Waals surface area (Å²) < 4.78 is 0. The first-order valence-corrected chi connectivity index (χ1v) is 9.12. The lowest BCUT2D eigenvalue weighted by atomic mass is 10.0. The van der Waals surface area contributed by atoms with Crippen molar-refractivity contribution in [2.45, 2.75) is 19.9 Å². The van der Waals surface area contributed by atoms with E-state index in [0.717, 1.165) is 22.1 Å². The number of carbonyl (C=O) groups excluding carboxylic acids is 1. The van der Waals surface area contributed by atoms with Crippen LogP contribution < -0.4 is 21.4 Å². The molecule has 4 heterocycles. The van der Waals surface area contributed by atoms with Gasteiger partial charge in [0.2, 0.25) is 5.95 Å². The zero-order chi connectivity index (χ0) is 18.4. The first-order chi connectivity index (χ1) is 12.4. The number of carbonyl (C=O) groups is 1. The molecule has 1 amide bonds. The van der Waals surface area contributed by atoms with Crippen molar-refractivity contribution in [3.8, 4) is 0 Å². The van der Waals surface area contributed by atoms with E-state index in [-0.39, 0.29) is 11.9 Å². The molecule has 132 valence electrons. The van der Waals surface area contributed by atoms with Gasteiger partial charge in [-0.25, -0.2) is 9.97 Å². The average molecular weight is 367 g/mol. The van der Waals surface area contributed by atoms with E-state index >= 15 is 0 Å². The van der Waals surface area contributed by atoms with Gasteiger partial charge in [-0.15, -0.1) is 16.4 Å². The van der Waals surface area contributed by atoms with Gasteiger partial charge >= 0.3 is 0 Å². The SMILES string of the molecule is Bc1cnc(N2CC(NC(=O)c3sc4nnc(C)c(C)c4c3N)C2)nc1. The molecule has 0 bridgehead atoms. The third-order valence-corrected chi connectivity index (χ3v) is 5.70. The van der Waals surface area contributed by atoms with Gasteiger partial charge in [0.25, 0.3) is 5.91 Å². The normalized spacial score (nSPS) is 14.5. The average Bonchev–Trinajstić information content (AvgIpc) is 2.92. The molecule has 0 aliphatic carbocycles.